The summed E-state index contributed by atoms with van der Waals surface area (Å²) in [5.74, 6) is 0.933. The van der Waals surface area contributed by atoms with Gasteiger partial charge in [0, 0.05) is 31.5 Å². The second kappa shape index (κ2) is 10.0. The third kappa shape index (κ3) is 4.83. The Morgan fingerprint density at radius 3 is 2.64 bits per heavy atom. The van der Waals surface area contributed by atoms with Gasteiger partial charge in [0.25, 0.3) is 5.89 Å². The summed E-state index contributed by atoms with van der Waals surface area (Å²) in [4.78, 5) is 19.5. The number of aryl methyl sites for hydroxylation is 2. The first-order valence-corrected chi connectivity index (χ1v) is 11.3. The molecule has 0 aliphatic carbocycles. The van der Waals surface area contributed by atoms with Crippen LogP contribution in [0, 0.1) is 6.92 Å². The van der Waals surface area contributed by atoms with Crippen molar-refractivity contribution in [3.05, 3.63) is 76.8 Å². The van der Waals surface area contributed by atoms with E-state index in [4.69, 9.17) is 14.2 Å². The summed E-state index contributed by atoms with van der Waals surface area (Å²) in [6, 6.07) is 15.7. The van der Waals surface area contributed by atoms with Crippen molar-refractivity contribution in [2.45, 2.75) is 39.7 Å². The second-order valence-corrected chi connectivity index (χ2v) is 8.27. The highest BCUT2D eigenvalue weighted by Gasteiger charge is 2.35. The molecule has 0 bridgehead atoms. The molecular formula is C26H30N4O3. The van der Waals surface area contributed by atoms with Gasteiger partial charge in [0.15, 0.2) is 0 Å². The summed E-state index contributed by atoms with van der Waals surface area (Å²) >= 11 is 0. The molecule has 172 valence electrons. The molecule has 3 aromatic rings. The van der Waals surface area contributed by atoms with Crippen LogP contribution >= 0.6 is 0 Å². The number of hydrogen-bond acceptors (Lipinski definition) is 5. The normalized spacial score (nSPS) is 16.3. The Morgan fingerprint density at radius 1 is 1.15 bits per heavy atom. The largest absolute Gasteiger partial charge is 0.385 e. The molecule has 0 spiro atoms. The van der Waals surface area contributed by atoms with Crippen LogP contribution in [-0.2, 0) is 11.2 Å². The number of urea groups is 1. The van der Waals surface area contributed by atoms with Gasteiger partial charge in [0.2, 0.25) is 5.82 Å². The van der Waals surface area contributed by atoms with Crippen molar-refractivity contribution < 1.29 is 14.1 Å². The second-order valence-electron chi connectivity index (χ2n) is 8.27. The predicted octanol–water partition coefficient (Wildman–Crippen LogP) is 5.14. The van der Waals surface area contributed by atoms with Crippen molar-refractivity contribution in [2.75, 3.05) is 20.3 Å². The zero-order chi connectivity index (χ0) is 23.4. The molecule has 0 saturated heterocycles. The summed E-state index contributed by atoms with van der Waals surface area (Å²) < 4.78 is 10.9. The lowest BCUT2D eigenvalue weighted by Gasteiger charge is -2.35. The number of methoxy groups -OCH3 is 1. The summed E-state index contributed by atoms with van der Waals surface area (Å²) in [6.07, 6.45) is 1.68. The molecule has 0 fully saturated rings. The third-order valence-corrected chi connectivity index (χ3v) is 5.98. The molecule has 1 N–H and O–H groups in total. The number of carbonyl (C=O) groups excluding carboxylic acids is 1. The standard InChI is InChI=1S/C26H30N4O3/c1-5-19-10-12-20(13-11-19)23-22(18(3)30(26(31)27-23)14-7-15-32-4)25-28-24(29-33-25)21-9-6-8-17(2)16-21/h6,8-13,16,23H,5,7,14-15H2,1-4H3,(H,27,31). The van der Waals surface area contributed by atoms with Crippen LogP contribution in [0.5, 0.6) is 0 Å². The smallest absolute Gasteiger partial charge is 0.322 e. The molecule has 1 unspecified atom stereocenters. The Bertz CT molecular complexity index is 1150. The Kier molecular flexibility index (Phi) is 6.89. The number of amides is 2. The van der Waals surface area contributed by atoms with Crippen LogP contribution < -0.4 is 5.32 Å². The molecule has 7 heteroatoms. The van der Waals surface area contributed by atoms with Crippen LogP contribution in [0.4, 0.5) is 4.79 Å². The predicted molar refractivity (Wildman–Crippen MR) is 127 cm³/mol. The SMILES string of the molecule is CCc1ccc(C2NC(=O)N(CCCOC)C(C)=C2c2nc(-c3cccc(C)c3)no2)cc1. The fraction of sp³-hybridized carbons (Fsp3) is 0.346. The number of rotatable bonds is 8. The maximum atomic E-state index is 13.0. The minimum atomic E-state index is -0.382. The number of nitrogens with one attached hydrogen (secondary N) is 1. The number of nitrogens with zero attached hydrogens (tertiary/aromatic N) is 3. The molecule has 2 aromatic carbocycles. The van der Waals surface area contributed by atoms with E-state index in [1.807, 2.05) is 38.1 Å². The van der Waals surface area contributed by atoms with E-state index in [1.165, 1.54) is 5.56 Å². The molecule has 1 aliphatic heterocycles. The molecule has 2 heterocycles. The fourth-order valence-corrected chi connectivity index (χ4v) is 4.12. The number of carbonyl (C=O) groups is 1. The minimum Gasteiger partial charge on any atom is -0.385 e. The van der Waals surface area contributed by atoms with Crippen LogP contribution in [0.2, 0.25) is 0 Å². The number of benzene rings is 2. The van der Waals surface area contributed by atoms with E-state index >= 15 is 0 Å². The first-order valence-electron chi connectivity index (χ1n) is 11.3. The molecule has 1 aliphatic rings. The maximum absolute atomic E-state index is 13.0. The zero-order valence-electron chi connectivity index (χ0n) is 19.6. The van der Waals surface area contributed by atoms with Crippen LogP contribution in [0.1, 0.15) is 48.9 Å². The lowest BCUT2D eigenvalue weighted by atomic mass is 9.93. The fourth-order valence-electron chi connectivity index (χ4n) is 4.12. The zero-order valence-corrected chi connectivity index (χ0v) is 19.6. The monoisotopic (exact) mass is 446 g/mol. The van der Waals surface area contributed by atoms with Gasteiger partial charge in [-0.2, -0.15) is 4.98 Å². The van der Waals surface area contributed by atoms with Gasteiger partial charge < -0.3 is 14.6 Å². The van der Waals surface area contributed by atoms with Crippen LogP contribution in [0.15, 0.2) is 58.8 Å². The highest BCUT2D eigenvalue weighted by Crippen LogP contribution is 2.37. The minimum absolute atomic E-state index is 0.143. The Balaban J connectivity index is 1.76. The average molecular weight is 447 g/mol. The summed E-state index contributed by atoms with van der Waals surface area (Å²) in [7, 11) is 1.66. The molecule has 2 amide bonds. The Labute approximate surface area is 194 Å². The molecule has 0 saturated carbocycles. The quantitative estimate of drug-likeness (QED) is 0.485. The van der Waals surface area contributed by atoms with Crippen LogP contribution in [0.3, 0.4) is 0 Å². The van der Waals surface area contributed by atoms with Crippen LogP contribution in [0.25, 0.3) is 17.0 Å². The van der Waals surface area contributed by atoms with Gasteiger partial charge in [-0.3, -0.25) is 4.90 Å². The van der Waals surface area contributed by atoms with E-state index < -0.39 is 0 Å². The van der Waals surface area contributed by atoms with Crippen molar-refractivity contribution in [2.24, 2.45) is 0 Å². The van der Waals surface area contributed by atoms with Crippen LogP contribution in [-0.4, -0.2) is 41.3 Å². The van der Waals surface area contributed by atoms with Gasteiger partial charge in [0.05, 0.1) is 11.6 Å². The number of aromatic nitrogens is 2. The number of ether oxygens (including phenoxy) is 1. The highest BCUT2D eigenvalue weighted by molar-refractivity contribution is 5.86. The average Bonchev–Trinajstić information content (AvgIpc) is 3.31. The Hall–Kier alpha value is -3.45. The Morgan fingerprint density at radius 2 is 1.94 bits per heavy atom. The van der Waals surface area contributed by atoms with Gasteiger partial charge in [-0.15, -0.1) is 0 Å². The van der Waals surface area contributed by atoms with Gasteiger partial charge in [-0.25, -0.2) is 4.79 Å². The molecule has 4 rings (SSSR count). The van der Waals surface area contributed by atoms with Gasteiger partial charge >= 0.3 is 6.03 Å². The molecule has 0 radical (unpaired) electrons. The summed E-state index contributed by atoms with van der Waals surface area (Å²) in [5, 5.41) is 7.39. The van der Waals surface area contributed by atoms with E-state index in [0.717, 1.165) is 40.8 Å². The third-order valence-electron chi connectivity index (χ3n) is 5.98. The molecule has 33 heavy (non-hydrogen) atoms. The van der Waals surface area contributed by atoms with Gasteiger partial charge in [0.1, 0.15) is 0 Å². The molecule has 1 aromatic heterocycles. The van der Waals surface area contributed by atoms with Crippen molar-refractivity contribution in [3.63, 3.8) is 0 Å². The number of allylic oxidation sites excluding steroid dienone is 1. The lowest BCUT2D eigenvalue weighted by Crippen LogP contribution is -2.46. The summed E-state index contributed by atoms with van der Waals surface area (Å²) in [5.41, 5.74) is 5.84. The topological polar surface area (TPSA) is 80.5 Å². The van der Waals surface area contributed by atoms with Crippen molar-refractivity contribution in [1.29, 1.82) is 0 Å². The molecule has 1 atom stereocenters. The number of hydrogen-bond donors (Lipinski definition) is 1. The maximum Gasteiger partial charge on any atom is 0.322 e. The first kappa shape index (κ1) is 22.7. The van der Waals surface area contributed by atoms with E-state index in [9.17, 15) is 4.79 Å². The van der Waals surface area contributed by atoms with Crippen molar-refractivity contribution in [3.8, 4) is 11.4 Å². The molecule has 7 nitrogen and oxygen atoms in total. The van der Waals surface area contributed by atoms with Crippen molar-refractivity contribution in [1.82, 2.24) is 20.4 Å². The van der Waals surface area contributed by atoms with E-state index in [2.05, 4.69) is 41.7 Å². The lowest BCUT2D eigenvalue weighted by molar-refractivity contribution is 0.174. The van der Waals surface area contributed by atoms with E-state index in [1.54, 1.807) is 12.0 Å². The van der Waals surface area contributed by atoms with Gasteiger partial charge in [-0.05, 0) is 43.9 Å². The van der Waals surface area contributed by atoms with E-state index in [-0.39, 0.29) is 12.1 Å². The first-order chi connectivity index (χ1) is 16.0. The molecular weight excluding hydrogens is 416 g/mol. The summed E-state index contributed by atoms with van der Waals surface area (Å²) in [6.45, 7) is 7.20. The van der Waals surface area contributed by atoms with Gasteiger partial charge in [-0.1, -0.05) is 60.1 Å². The van der Waals surface area contributed by atoms with Crippen molar-refractivity contribution >= 4 is 11.6 Å². The van der Waals surface area contributed by atoms with E-state index in [0.29, 0.717) is 24.9 Å². The highest BCUT2D eigenvalue weighted by atomic mass is 16.5.